The molecule has 3 nitrogen and oxygen atoms in total. The summed E-state index contributed by atoms with van der Waals surface area (Å²) in [7, 11) is 1.63. The third-order valence-corrected chi connectivity index (χ3v) is 4.27. The van der Waals surface area contributed by atoms with Crippen LogP contribution >= 0.6 is 0 Å². The monoisotopic (exact) mass is 334 g/mol. The summed E-state index contributed by atoms with van der Waals surface area (Å²) in [5.41, 5.74) is 1.72. The molecule has 0 aromatic heterocycles. The fourth-order valence-electron chi connectivity index (χ4n) is 2.93. The molecule has 0 unspecified atom stereocenters. The van der Waals surface area contributed by atoms with Crippen LogP contribution in [-0.2, 0) is 6.42 Å². The Morgan fingerprint density at radius 1 is 0.917 bits per heavy atom. The molecule has 1 aromatic rings. The van der Waals surface area contributed by atoms with Gasteiger partial charge >= 0.3 is 0 Å². The van der Waals surface area contributed by atoms with Crippen molar-refractivity contribution in [3.8, 4) is 11.5 Å². The molecule has 1 aromatic carbocycles. The molecule has 0 heterocycles. The number of carbonyl (C=O) groups excluding carboxylic acids is 1. The zero-order valence-electron chi connectivity index (χ0n) is 15.7. The van der Waals surface area contributed by atoms with Crippen LogP contribution in [0.15, 0.2) is 12.1 Å². The molecule has 0 saturated heterocycles. The molecule has 0 aliphatic rings. The smallest absolute Gasteiger partial charge is 0.164 e. The van der Waals surface area contributed by atoms with Crippen LogP contribution in [0.3, 0.4) is 0 Å². The summed E-state index contributed by atoms with van der Waals surface area (Å²) < 4.78 is 11.4. The van der Waals surface area contributed by atoms with Crippen molar-refractivity contribution in [3.05, 3.63) is 23.3 Å². The molecule has 1 rings (SSSR count). The van der Waals surface area contributed by atoms with E-state index < -0.39 is 0 Å². The summed E-state index contributed by atoms with van der Waals surface area (Å²) in [6, 6.07) is 3.68. The number of rotatable bonds is 14. The lowest BCUT2D eigenvalue weighted by Gasteiger charge is -2.16. The van der Waals surface area contributed by atoms with E-state index >= 15 is 0 Å². The second kappa shape index (κ2) is 12.9. The summed E-state index contributed by atoms with van der Waals surface area (Å²) in [6.07, 6.45) is 13.1. The van der Waals surface area contributed by atoms with Crippen molar-refractivity contribution in [2.75, 3.05) is 13.7 Å². The van der Waals surface area contributed by atoms with E-state index in [9.17, 15) is 4.79 Å². The fraction of sp³-hybridized carbons (Fsp3) is 0.667. The van der Waals surface area contributed by atoms with Crippen LogP contribution in [-0.4, -0.2) is 20.0 Å². The van der Waals surface area contributed by atoms with Gasteiger partial charge in [-0.3, -0.25) is 4.79 Å². The van der Waals surface area contributed by atoms with Crippen molar-refractivity contribution < 1.29 is 14.3 Å². The van der Waals surface area contributed by atoms with Crippen molar-refractivity contribution >= 4 is 6.29 Å². The molecule has 0 N–H and O–H groups in total. The topological polar surface area (TPSA) is 35.5 Å². The standard InChI is InChI=1S/C21H34O3/c1-4-6-7-8-9-10-11-12-14-24-21-19(13-5-2)15-18(17-22)16-20(21)23-3/h15-17H,4-14H2,1-3H3. The van der Waals surface area contributed by atoms with Gasteiger partial charge < -0.3 is 9.47 Å². The Morgan fingerprint density at radius 2 is 1.58 bits per heavy atom. The van der Waals surface area contributed by atoms with E-state index in [1.54, 1.807) is 13.2 Å². The molecular formula is C21H34O3. The molecule has 0 amide bonds. The maximum atomic E-state index is 11.1. The predicted molar refractivity (Wildman–Crippen MR) is 100 cm³/mol. The summed E-state index contributed by atoms with van der Waals surface area (Å²) in [4.78, 5) is 11.1. The second-order valence-electron chi connectivity index (χ2n) is 6.40. The Hall–Kier alpha value is -1.51. The van der Waals surface area contributed by atoms with E-state index in [0.29, 0.717) is 17.9 Å². The van der Waals surface area contributed by atoms with Gasteiger partial charge in [-0.1, -0.05) is 65.2 Å². The van der Waals surface area contributed by atoms with Crippen molar-refractivity contribution in [2.24, 2.45) is 0 Å². The van der Waals surface area contributed by atoms with Crippen molar-refractivity contribution in [3.63, 3.8) is 0 Å². The summed E-state index contributed by atoms with van der Waals surface area (Å²) in [6.45, 7) is 5.09. The Morgan fingerprint density at radius 3 is 2.17 bits per heavy atom. The lowest BCUT2D eigenvalue weighted by atomic mass is 10.0. The normalized spacial score (nSPS) is 10.6. The molecule has 0 bridgehead atoms. The van der Waals surface area contributed by atoms with Crippen LogP contribution < -0.4 is 9.47 Å². The number of ether oxygens (including phenoxy) is 2. The zero-order valence-corrected chi connectivity index (χ0v) is 15.7. The molecule has 0 radical (unpaired) electrons. The summed E-state index contributed by atoms with van der Waals surface area (Å²) in [5, 5.41) is 0. The van der Waals surface area contributed by atoms with Gasteiger partial charge in [-0.15, -0.1) is 0 Å². The summed E-state index contributed by atoms with van der Waals surface area (Å²) in [5.74, 6) is 1.48. The number of methoxy groups -OCH3 is 1. The van der Waals surface area contributed by atoms with E-state index in [0.717, 1.165) is 36.9 Å². The Balaban J connectivity index is 2.44. The van der Waals surface area contributed by atoms with Crippen molar-refractivity contribution in [1.82, 2.24) is 0 Å². The number of benzene rings is 1. The molecule has 0 spiro atoms. The molecule has 0 fully saturated rings. The molecule has 24 heavy (non-hydrogen) atoms. The van der Waals surface area contributed by atoms with Gasteiger partial charge in [0.2, 0.25) is 0 Å². The van der Waals surface area contributed by atoms with E-state index in [1.807, 2.05) is 6.07 Å². The lowest BCUT2D eigenvalue weighted by molar-refractivity contribution is 0.112. The van der Waals surface area contributed by atoms with Crippen LogP contribution in [0, 0.1) is 0 Å². The van der Waals surface area contributed by atoms with Gasteiger partial charge in [-0.25, -0.2) is 0 Å². The average molecular weight is 335 g/mol. The number of hydrogen-bond acceptors (Lipinski definition) is 3. The number of unbranched alkanes of at least 4 members (excludes halogenated alkanes) is 7. The highest BCUT2D eigenvalue weighted by molar-refractivity contribution is 5.77. The predicted octanol–water partition coefficient (Wildman–Crippen LogP) is 5.98. The molecule has 0 aliphatic heterocycles. The number of aldehydes is 1. The maximum absolute atomic E-state index is 11.1. The second-order valence-corrected chi connectivity index (χ2v) is 6.40. The largest absolute Gasteiger partial charge is 0.493 e. The van der Waals surface area contributed by atoms with Crippen molar-refractivity contribution in [1.29, 1.82) is 0 Å². The van der Waals surface area contributed by atoms with Gasteiger partial charge in [0.25, 0.3) is 0 Å². The number of aryl methyl sites for hydroxylation is 1. The first-order valence-corrected chi connectivity index (χ1v) is 9.55. The van der Waals surface area contributed by atoms with Gasteiger partial charge in [0.15, 0.2) is 11.5 Å². The molecular weight excluding hydrogens is 300 g/mol. The fourth-order valence-corrected chi connectivity index (χ4v) is 2.93. The first-order chi connectivity index (χ1) is 11.8. The van der Waals surface area contributed by atoms with Crippen LogP contribution in [0.5, 0.6) is 11.5 Å². The van der Waals surface area contributed by atoms with Crippen LogP contribution in [0.2, 0.25) is 0 Å². The van der Waals surface area contributed by atoms with E-state index in [1.165, 1.54) is 44.9 Å². The van der Waals surface area contributed by atoms with E-state index in [-0.39, 0.29) is 0 Å². The maximum Gasteiger partial charge on any atom is 0.164 e. The average Bonchev–Trinajstić information content (AvgIpc) is 2.61. The number of carbonyl (C=O) groups is 1. The Bertz CT molecular complexity index is 468. The van der Waals surface area contributed by atoms with Gasteiger partial charge in [-0.2, -0.15) is 0 Å². The molecule has 3 heteroatoms. The highest BCUT2D eigenvalue weighted by Gasteiger charge is 2.12. The first kappa shape index (κ1) is 20.5. The minimum absolute atomic E-state index is 0.648. The molecule has 0 aliphatic carbocycles. The van der Waals surface area contributed by atoms with Gasteiger partial charge in [-0.05, 0) is 30.5 Å². The van der Waals surface area contributed by atoms with Crippen molar-refractivity contribution in [2.45, 2.75) is 78.1 Å². The number of hydrogen-bond donors (Lipinski definition) is 0. The van der Waals surface area contributed by atoms with Gasteiger partial charge in [0.1, 0.15) is 6.29 Å². The summed E-state index contributed by atoms with van der Waals surface area (Å²) >= 11 is 0. The first-order valence-electron chi connectivity index (χ1n) is 9.55. The van der Waals surface area contributed by atoms with Gasteiger partial charge in [0, 0.05) is 5.56 Å². The Labute approximate surface area is 147 Å². The van der Waals surface area contributed by atoms with Crippen LogP contribution in [0.25, 0.3) is 0 Å². The Kier molecular flexibility index (Phi) is 11.0. The van der Waals surface area contributed by atoms with E-state index in [2.05, 4.69) is 13.8 Å². The minimum atomic E-state index is 0.648. The lowest BCUT2D eigenvalue weighted by Crippen LogP contribution is -2.04. The highest BCUT2D eigenvalue weighted by atomic mass is 16.5. The molecule has 136 valence electrons. The molecule has 0 atom stereocenters. The van der Waals surface area contributed by atoms with Crippen LogP contribution in [0.4, 0.5) is 0 Å². The quantitative estimate of drug-likeness (QED) is 0.310. The molecule has 0 saturated carbocycles. The third-order valence-electron chi connectivity index (χ3n) is 4.27. The highest BCUT2D eigenvalue weighted by Crippen LogP contribution is 2.33. The van der Waals surface area contributed by atoms with Crippen LogP contribution in [0.1, 0.15) is 87.6 Å². The minimum Gasteiger partial charge on any atom is -0.493 e. The SMILES string of the molecule is CCCCCCCCCCOc1c(CCC)cc(C=O)cc1OC. The third kappa shape index (κ3) is 7.37. The zero-order chi connectivity index (χ0) is 17.6. The van der Waals surface area contributed by atoms with Gasteiger partial charge in [0.05, 0.1) is 13.7 Å². The van der Waals surface area contributed by atoms with E-state index in [4.69, 9.17) is 9.47 Å².